The van der Waals surface area contributed by atoms with Crippen molar-refractivity contribution >= 4 is 32.3 Å². The van der Waals surface area contributed by atoms with Crippen LogP contribution in [0.15, 0.2) is 90.0 Å². The highest BCUT2D eigenvalue weighted by Crippen LogP contribution is 2.25. The standard InChI is InChI=1S/C23H19N5O2S/c24-31(29,30)20-9-5-16(6-10-20)14-25-22-11-12-23-26-15-21(28(23)27-22)19-8-7-17-3-1-2-4-18(17)13-19/h1-13,15H,14H2,(H,25,27)(H2,24,29,30). The molecule has 7 nitrogen and oxygen atoms in total. The Hall–Kier alpha value is -3.75. The van der Waals surface area contributed by atoms with Gasteiger partial charge in [0.15, 0.2) is 5.65 Å². The van der Waals surface area contributed by atoms with Crippen molar-refractivity contribution in [3.8, 4) is 11.3 Å². The Bertz CT molecular complexity index is 1510. The number of hydrogen-bond donors (Lipinski definition) is 2. The number of imidazole rings is 1. The Kier molecular flexibility index (Phi) is 4.65. The third-order valence-corrected chi connectivity index (χ3v) is 6.06. The number of fused-ring (bicyclic) bond motifs is 2. The number of primary sulfonamides is 1. The monoisotopic (exact) mass is 429 g/mol. The minimum Gasteiger partial charge on any atom is -0.365 e. The molecule has 0 saturated carbocycles. The zero-order chi connectivity index (χ0) is 21.4. The highest BCUT2D eigenvalue weighted by molar-refractivity contribution is 7.89. The molecular formula is C23H19N5O2S. The first-order valence-electron chi connectivity index (χ1n) is 9.67. The average molecular weight is 430 g/mol. The Morgan fingerprint density at radius 3 is 2.45 bits per heavy atom. The Balaban J connectivity index is 1.42. The van der Waals surface area contributed by atoms with Crippen molar-refractivity contribution < 1.29 is 8.42 Å². The molecule has 2 heterocycles. The van der Waals surface area contributed by atoms with Crippen LogP contribution in [-0.2, 0) is 16.6 Å². The molecule has 3 N–H and O–H groups in total. The summed E-state index contributed by atoms with van der Waals surface area (Å²) >= 11 is 0. The lowest BCUT2D eigenvalue weighted by molar-refractivity contribution is 0.598. The van der Waals surface area contributed by atoms with Crippen molar-refractivity contribution in [1.82, 2.24) is 14.6 Å². The van der Waals surface area contributed by atoms with Crippen LogP contribution >= 0.6 is 0 Å². The number of benzene rings is 3. The van der Waals surface area contributed by atoms with Gasteiger partial charge in [0.05, 0.1) is 16.8 Å². The van der Waals surface area contributed by atoms with Crippen molar-refractivity contribution in [3.05, 3.63) is 90.6 Å². The smallest absolute Gasteiger partial charge is 0.238 e. The molecule has 0 aliphatic rings. The maximum absolute atomic E-state index is 11.4. The summed E-state index contributed by atoms with van der Waals surface area (Å²) in [7, 11) is -3.69. The molecule has 31 heavy (non-hydrogen) atoms. The Morgan fingerprint density at radius 1 is 0.903 bits per heavy atom. The van der Waals surface area contributed by atoms with Gasteiger partial charge in [-0.1, -0.05) is 48.5 Å². The van der Waals surface area contributed by atoms with Crippen LogP contribution < -0.4 is 10.5 Å². The largest absolute Gasteiger partial charge is 0.365 e. The van der Waals surface area contributed by atoms with E-state index < -0.39 is 10.0 Å². The summed E-state index contributed by atoms with van der Waals surface area (Å²) in [6.07, 6.45) is 1.82. The molecule has 3 aromatic carbocycles. The first kappa shape index (κ1) is 19.2. The zero-order valence-corrected chi connectivity index (χ0v) is 17.3. The van der Waals surface area contributed by atoms with E-state index in [9.17, 15) is 8.42 Å². The molecule has 0 aliphatic carbocycles. The average Bonchev–Trinajstić information content (AvgIpc) is 3.20. The fourth-order valence-electron chi connectivity index (χ4n) is 3.50. The minimum atomic E-state index is -3.69. The minimum absolute atomic E-state index is 0.0919. The van der Waals surface area contributed by atoms with Crippen LogP contribution in [0.1, 0.15) is 5.56 Å². The highest BCUT2D eigenvalue weighted by atomic mass is 32.2. The van der Waals surface area contributed by atoms with Gasteiger partial charge in [-0.3, -0.25) is 0 Å². The molecular weight excluding hydrogens is 410 g/mol. The van der Waals surface area contributed by atoms with E-state index in [1.165, 1.54) is 17.5 Å². The summed E-state index contributed by atoms with van der Waals surface area (Å²) < 4.78 is 24.6. The van der Waals surface area contributed by atoms with Crippen molar-refractivity contribution in [2.45, 2.75) is 11.4 Å². The van der Waals surface area contributed by atoms with Gasteiger partial charge in [0.2, 0.25) is 10.0 Å². The number of hydrogen-bond acceptors (Lipinski definition) is 5. The predicted octanol–water partition coefficient (Wildman–Crippen LogP) is 3.81. The first-order valence-corrected chi connectivity index (χ1v) is 11.2. The Labute approximate surface area is 179 Å². The van der Waals surface area contributed by atoms with E-state index in [0.717, 1.165) is 27.9 Å². The van der Waals surface area contributed by atoms with Gasteiger partial charge in [-0.25, -0.2) is 23.1 Å². The van der Waals surface area contributed by atoms with Crippen LogP contribution in [0, 0.1) is 0 Å². The van der Waals surface area contributed by atoms with Gasteiger partial charge in [-0.15, -0.1) is 5.10 Å². The summed E-state index contributed by atoms with van der Waals surface area (Å²) in [5.41, 5.74) is 3.61. The normalized spacial score (nSPS) is 11.8. The summed E-state index contributed by atoms with van der Waals surface area (Å²) in [4.78, 5) is 4.56. The molecule has 0 amide bonds. The number of sulfonamides is 1. The molecule has 0 radical (unpaired) electrons. The maximum atomic E-state index is 11.4. The van der Waals surface area contributed by atoms with Crippen LogP contribution in [-0.4, -0.2) is 23.0 Å². The zero-order valence-electron chi connectivity index (χ0n) is 16.4. The van der Waals surface area contributed by atoms with Crippen molar-refractivity contribution in [2.24, 2.45) is 5.14 Å². The van der Waals surface area contributed by atoms with Crippen LogP contribution in [0.2, 0.25) is 0 Å². The molecule has 0 atom stereocenters. The molecule has 0 unspecified atom stereocenters. The number of nitrogens with one attached hydrogen (secondary N) is 1. The van der Waals surface area contributed by atoms with E-state index >= 15 is 0 Å². The first-order chi connectivity index (χ1) is 15.0. The maximum Gasteiger partial charge on any atom is 0.238 e. The molecule has 5 rings (SSSR count). The van der Waals surface area contributed by atoms with Crippen LogP contribution in [0.3, 0.4) is 0 Å². The SMILES string of the molecule is NS(=O)(=O)c1ccc(CNc2ccc3ncc(-c4ccc5ccccc5c4)n3n2)cc1. The van der Waals surface area contributed by atoms with E-state index in [1.807, 2.05) is 35.0 Å². The van der Waals surface area contributed by atoms with Gasteiger partial charge < -0.3 is 5.32 Å². The van der Waals surface area contributed by atoms with E-state index in [1.54, 1.807) is 12.1 Å². The fraction of sp³-hybridized carbons (Fsp3) is 0.0435. The molecule has 5 aromatic rings. The van der Waals surface area contributed by atoms with Gasteiger partial charge >= 0.3 is 0 Å². The number of nitrogens with two attached hydrogens (primary N) is 1. The molecule has 0 saturated heterocycles. The number of aromatic nitrogens is 3. The quantitative estimate of drug-likeness (QED) is 0.442. The molecule has 8 heteroatoms. The van der Waals surface area contributed by atoms with Gasteiger partial charge in [0.1, 0.15) is 5.82 Å². The van der Waals surface area contributed by atoms with Crippen LogP contribution in [0.25, 0.3) is 27.7 Å². The Morgan fingerprint density at radius 2 is 1.68 bits per heavy atom. The van der Waals surface area contributed by atoms with Crippen molar-refractivity contribution in [2.75, 3.05) is 5.32 Å². The van der Waals surface area contributed by atoms with E-state index in [2.05, 4.69) is 40.6 Å². The molecule has 0 bridgehead atoms. The second kappa shape index (κ2) is 7.50. The summed E-state index contributed by atoms with van der Waals surface area (Å²) in [6, 6.07) is 24.7. The molecule has 2 aromatic heterocycles. The third-order valence-electron chi connectivity index (χ3n) is 5.13. The summed E-state index contributed by atoms with van der Waals surface area (Å²) in [6.45, 7) is 0.489. The highest BCUT2D eigenvalue weighted by Gasteiger charge is 2.10. The van der Waals surface area contributed by atoms with E-state index in [0.29, 0.717) is 12.4 Å². The van der Waals surface area contributed by atoms with Gasteiger partial charge in [-0.05, 0) is 46.7 Å². The topological polar surface area (TPSA) is 102 Å². The van der Waals surface area contributed by atoms with E-state index in [4.69, 9.17) is 10.2 Å². The lowest BCUT2D eigenvalue weighted by Crippen LogP contribution is -2.12. The molecule has 0 fully saturated rings. The second-order valence-electron chi connectivity index (χ2n) is 7.24. The number of anilines is 1. The summed E-state index contributed by atoms with van der Waals surface area (Å²) in [5, 5.41) is 15.4. The fourth-order valence-corrected chi connectivity index (χ4v) is 4.02. The number of rotatable bonds is 5. The lowest BCUT2D eigenvalue weighted by Gasteiger charge is -2.08. The van der Waals surface area contributed by atoms with E-state index in [-0.39, 0.29) is 4.90 Å². The van der Waals surface area contributed by atoms with Gasteiger partial charge in [0, 0.05) is 12.1 Å². The molecule has 154 valence electrons. The van der Waals surface area contributed by atoms with Crippen molar-refractivity contribution in [3.63, 3.8) is 0 Å². The van der Waals surface area contributed by atoms with Gasteiger partial charge in [0.25, 0.3) is 0 Å². The third kappa shape index (κ3) is 3.86. The van der Waals surface area contributed by atoms with Crippen molar-refractivity contribution in [1.29, 1.82) is 0 Å². The number of nitrogens with zero attached hydrogens (tertiary/aromatic N) is 3. The van der Waals surface area contributed by atoms with Crippen LogP contribution in [0.5, 0.6) is 0 Å². The predicted molar refractivity (Wildman–Crippen MR) is 121 cm³/mol. The summed E-state index contributed by atoms with van der Waals surface area (Å²) in [5.74, 6) is 0.683. The molecule has 0 aliphatic heterocycles. The molecule has 0 spiro atoms. The second-order valence-corrected chi connectivity index (χ2v) is 8.80. The lowest BCUT2D eigenvalue weighted by atomic mass is 10.1. The van der Waals surface area contributed by atoms with Crippen LogP contribution in [0.4, 0.5) is 5.82 Å². The van der Waals surface area contributed by atoms with Gasteiger partial charge in [-0.2, -0.15) is 0 Å².